The second-order valence-corrected chi connectivity index (χ2v) is 27.6. The fraction of sp³-hybridized carbons (Fsp3) is 0.667. The molecule has 0 spiro atoms. The lowest BCUT2D eigenvalue weighted by molar-refractivity contribution is 0.00687. The number of benzene rings is 1. The first-order valence-corrected chi connectivity index (χ1v) is 25.0. The molecular formula is C36H53ClN6O5Si2. The summed E-state index contributed by atoms with van der Waals surface area (Å²) in [6.45, 7) is 20.0. The molecule has 1 aromatic carbocycles. The number of hydrogen-bond donors (Lipinski definition) is 0. The Labute approximate surface area is 303 Å². The van der Waals surface area contributed by atoms with Gasteiger partial charge in [-0.25, -0.2) is 4.98 Å². The molecule has 2 saturated heterocycles. The van der Waals surface area contributed by atoms with Crippen LogP contribution in [0.25, 0.3) is 32.9 Å². The number of rotatable bonds is 12. The third kappa shape index (κ3) is 8.26. The zero-order chi connectivity index (χ0) is 35.8. The summed E-state index contributed by atoms with van der Waals surface area (Å²) in [6, 6.07) is 11.9. The number of pyridine rings is 1. The molecule has 272 valence electrons. The molecule has 3 aromatic rings. The van der Waals surface area contributed by atoms with E-state index in [-0.39, 0.29) is 42.2 Å². The van der Waals surface area contributed by atoms with E-state index in [0.717, 1.165) is 37.3 Å². The summed E-state index contributed by atoms with van der Waals surface area (Å²) >= 11 is 6.89. The van der Waals surface area contributed by atoms with Crippen LogP contribution < -0.4 is 4.74 Å². The van der Waals surface area contributed by atoms with E-state index in [1.807, 2.05) is 10.6 Å². The van der Waals surface area contributed by atoms with Crippen LogP contribution in [0.4, 0.5) is 0 Å². The van der Waals surface area contributed by atoms with Crippen LogP contribution in [0.3, 0.4) is 0 Å². The van der Waals surface area contributed by atoms with Crippen LogP contribution >= 0.6 is 11.6 Å². The molecule has 0 N–H and O–H groups in total. The molecule has 0 amide bonds. The van der Waals surface area contributed by atoms with Gasteiger partial charge in [-0.15, -0.1) is 0 Å². The van der Waals surface area contributed by atoms with Crippen LogP contribution in [0.1, 0.15) is 57.9 Å². The van der Waals surface area contributed by atoms with E-state index in [1.54, 1.807) is 0 Å². The molecular weight excluding hydrogens is 688 g/mol. The van der Waals surface area contributed by atoms with Crippen molar-refractivity contribution in [2.75, 3.05) is 19.8 Å². The highest BCUT2D eigenvalue weighted by atomic mass is 35.5. The van der Waals surface area contributed by atoms with Gasteiger partial charge in [0.05, 0.1) is 30.0 Å². The number of azide groups is 1. The molecule has 0 radical (unpaired) electrons. The van der Waals surface area contributed by atoms with Crippen LogP contribution in [0, 0.1) is 0 Å². The molecule has 11 nitrogen and oxygen atoms in total. The molecule has 2 aromatic heterocycles. The van der Waals surface area contributed by atoms with Crippen LogP contribution in [0.5, 0.6) is 6.01 Å². The predicted octanol–water partition coefficient (Wildman–Crippen LogP) is 9.34. The largest absolute Gasteiger partial charge is 0.456 e. The number of aromatic nitrogens is 3. The Morgan fingerprint density at radius 1 is 0.980 bits per heavy atom. The lowest BCUT2D eigenvalue weighted by Crippen LogP contribution is -2.47. The van der Waals surface area contributed by atoms with Crippen LogP contribution in [0.15, 0.2) is 35.4 Å². The standard InChI is InChI=1S/C36H53ClN6O5Si2/c1-36(2,3)50(7,8)48-30-21-46-32-29(20-45-33(30)32)47-35-39-28-19-27(37)31(40-34(28)43(35)22-44-17-18-49(4,5)6)25-11-9-23(10-12-25)24-13-15-26(16-14-24)41-42-38/h9-12,19,24,26,29-30,32-33H,13-18,20-22H2,1-8H3/t24-,26-,29-,30-,32-,33-/m1/s1. The zero-order valence-electron chi connectivity index (χ0n) is 30.8. The first kappa shape index (κ1) is 37.3. The SMILES string of the molecule is CC(C)(C)[Si](C)(C)O[C@@H]1CO[C@H]2[C@@H]1OC[C@H]2Oc1nc2cc(Cl)c(-c3ccc([C@H]4CC[C@H](N=[N+]=[N-])CC4)cc3)nc2n1COCC[Si](C)(C)C. The van der Waals surface area contributed by atoms with E-state index >= 15 is 0 Å². The summed E-state index contributed by atoms with van der Waals surface area (Å²) < 4.78 is 34.0. The van der Waals surface area contributed by atoms with E-state index in [1.165, 1.54) is 5.56 Å². The Hall–Kier alpha value is -2.49. The molecule has 0 unspecified atom stereocenters. The van der Waals surface area contributed by atoms with E-state index < -0.39 is 16.4 Å². The molecule has 14 heteroatoms. The monoisotopic (exact) mass is 740 g/mol. The Kier molecular flexibility index (Phi) is 11.1. The Morgan fingerprint density at radius 2 is 1.64 bits per heavy atom. The smallest absolute Gasteiger partial charge is 0.301 e. The molecule has 4 atom stereocenters. The highest BCUT2D eigenvalue weighted by molar-refractivity contribution is 6.76. The number of ether oxygens (including phenoxy) is 4. The highest BCUT2D eigenvalue weighted by Gasteiger charge is 2.52. The van der Waals surface area contributed by atoms with Crippen molar-refractivity contribution < 1.29 is 23.4 Å². The molecule has 4 heterocycles. The van der Waals surface area contributed by atoms with E-state index in [4.69, 9.17) is 50.5 Å². The van der Waals surface area contributed by atoms with Gasteiger partial charge in [0.1, 0.15) is 24.5 Å². The lowest BCUT2D eigenvalue weighted by Gasteiger charge is -2.39. The lowest BCUT2D eigenvalue weighted by atomic mass is 9.82. The third-order valence-electron chi connectivity index (χ3n) is 10.9. The summed E-state index contributed by atoms with van der Waals surface area (Å²) in [5.74, 6) is 0.450. The molecule has 1 aliphatic carbocycles. The van der Waals surface area contributed by atoms with Crippen LogP contribution in [0.2, 0.25) is 48.8 Å². The maximum Gasteiger partial charge on any atom is 0.301 e. The Balaban J connectivity index is 1.23. The van der Waals surface area contributed by atoms with Gasteiger partial charge < -0.3 is 23.4 Å². The van der Waals surface area contributed by atoms with Crippen molar-refractivity contribution in [3.63, 3.8) is 0 Å². The number of imidazole rings is 1. The molecule has 3 fully saturated rings. The summed E-state index contributed by atoms with van der Waals surface area (Å²) in [7, 11) is -3.30. The van der Waals surface area contributed by atoms with Crippen molar-refractivity contribution in [3.8, 4) is 17.3 Å². The fourth-order valence-electron chi connectivity index (χ4n) is 6.78. The van der Waals surface area contributed by atoms with Gasteiger partial charge in [0.2, 0.25) is 0 Å². The van der Waals surface area contributed by atoms with E-state index in [9.17, 15) is 0 Å². The van der Waals surface area contributed by atoms with E-state index in [2.05, 4.69) is 87.8 Å². The van der Waals surface area contributed by atoms with Crippen molar-refractivity contribution in [1.29, 1.82) is 0 Å². The van der Waals surface area contributed by atoms with Crippen LogP contribution in [-0.2, 0) is 25.4 Å². The number of fused-ring (bicyclic) bond motifs is 2. The molecule has 0 bridgehead atoms. The average molecular weight is 741 g/mol. The van der Waals surface area contributed by atoms with Crippen LogP contribution in [-0.4, -0.2) is 81.2 Å². The third-order valence-corrected chi connectivity index (χ3v) is 17.4. The Morgan fingerprint density at radius 3 is 2.28 bits per heavy atom. The summed E-state index contributed by atoms with van der Waals surface area (Å²) in [5.41, 5.74) is 13.0. The van der Waals surface area contributed by atoms with Gasteiger partial charge in [0.15, 0.2) is 20.1 Å². The van der Waals surface area contributed by atoms with Gasteiger partial charge in [-0.1, -0.05) is 81.4 Å². The summed E-state index contributed by atoms with van der Waals surface area (Å²) in [6.07, 6.45) is 2.93. The number of nitrogens with zero attached hydrogens (tertiary/aromatic N) is 6. The topological polar surface area (TPSA) is 126 Å². The maximum atomic E-state index is 8.80. The average Bonchev–Trinajstić information content (AvgIpc) is 3.73. The molecule has 6 rings (SSSR count). The number of hydrogen-bond acceptors (Lipinski definition) is 8. The van der Waals surface area contributed by atoms with Crippen molar-refractivity contribution >= 4 is 39.2 Å². The quantitative estimate of drug-likeness (QED) is 0.0596. The minimum absolute atomic E-state index is 0.0869. The summed E-state index contributed by atoms with van der Waals surface area (Å²) in [5, 5.41) is 4.53. The number of halogens is 1. The van der Waals surface area contributed by atoms with Gasteiger partial charge >= 0.3 is 6.01 Å². The molecule has 50 heavy (non-hydrogen) atoms. The first-order chi connectivity index (χ1) is 23.6. The van der Waals surface area contributed by atoms with Crippen molar-refractivity contribution in [2.24, 2.45) is 5.11 Å². The maximum absolute atomic E-state index is 8.80. The van der Waals surface area contributed by atoms with Gasteiger partial charge in [-0.2, -0.15) is 4.98 Å². The first-order valence-electron chi connectivity index (χ1n) is 18.0. The van der Waals surface area contributed by atoms with Gasteiger partial charge in [-0.05, 0) is 72.9 Å². The molecule has 3 aliphatic rings. The minimum Gasteiger partial charge on any atom is -0.456 e. The second kappa shape index (κ2) is 14.9. The minimum atomic E-state index is -2.01. The predicted molar refractivity (Wildman–Crippen MR) is 202 cm³/mol. The van der Waals surface area contributed by atoms with E-state index in [0.29, 0.717) is 53.6 Å². The van der Waals surface area contributed by atoms with Gasteiger partial charge in [0, 0.05) is 31.2 Å². The highest BCUT2D eigenvalue weighted by Crippen LogP contribution is 2.41. The normalized spacial score (nSPS) is 25.9. The van der Waals surface area contributed by atoms with Crippen molar-refractivity contribution in [3.05, 3.63) is 51.4 Å². The zero-order valence-corrected chi connectivity index (χ0v) is 33.6. The molecule has 2 aliphatic heterocycles. The van der Waals surface area contributed by atoms with Crippen molar-refractivity contribution in [2.45, 2.75) is 133 Å². The Bertz CT molecular complexity index is 1690. The fourth-order valence-corrected chi connectivity index (χ4v) is 9.10. The second-order valence-electron chi connectivity index (χ2n) is 16.8. The van der Waals surface area contributed by atoms with Gasteiger partial charge in [0.25, 0.3) is 0 Å². The van der Waals surface area contributed by atoms with Gasteiger partial charge in [-0.3, -0.25) is 4.57 Å². The summed E-state index contributed by atoms with van der Waals surface area (Å²) in [4.78, 5) is 12.9. The molecule has 1 saturated carbocycles. The van der Waals surface area contributed by atoms with Crippen molar-refractivity contribution in [1.82, 2.24) is 14.5 Å².